The van der Waals surface area contributed by atoms with Crippen LogP contribution in [-0.4, -0.2) is 35.6 Å². The van der Waals surface area contributed by atoms with E-state index in [0.717, 1.165) is 12.8 Å². The van der Waals surface area contributed by atoms with E-state index in [1.165, 1.54) is 24.2 Å². The van der Waals surface area contributed by atoms with Gasteiger partial charge >= 0.3 is 6.09 Å². The molecule has 6 nitrogen and oxygen atoms in total. The number of ether oxygens (including phenoxy) is 1. The van der Waals surface area contributed by atoms with Gasteiger partial charge in [0.2, 0.25) is 0 Å². The molecule has 1 saturated carbocycles. The molecule has 0 saturated heterocycles. The Hall–Kier alpha value is -1.30. The molecule has 122 valence electrons. The number of likely N-dealkylation sites (N-methyl/N-ethyl adjacent to an activating group) is 1. The molecule has 0 heterocycles. The van der Waals surface area contributed by atoms with Crippen LogP contribution < -0.4 is 11.3 Å². The maximum Gasteiger partial charge on any atom is 0.410 e. The van der Waals surface area contributed by atoms with E-state index in [2.05, 4.69) is 5.43 Å². The van der Waals surface area contributed by atoms with Crippen LogP contribution in [0, 0.1) is 5.92 Å². The summed E-state index contributed by atoms with van der Waals surface area (Å²) in [5, 5.41) is 0. The van der Waals surface area contributed by atoms with Gasteiger partial charge < -0.3 is 4.74 Å². The number of hydrogen-bond donors (Lipinski definition) is 2. The van der Waals surface area contributed by atoms with Crippen LogP contribution in [0.2, 0.25) is 0 Å². The normalized spacial score (nSPS) is 18.0. The molecule has 0 bridgehead atoms. The second-order valence-electron chi connectivity index (χ2n) is 6.86. The molecule has 1 rings (SSSR count). The van der Waals surface area contributed by atoms with E-state index in [0.29, 0.717) is 12.3 Å². The Morgan fingerprint density at radius 3 is 2.33 bits per heavy atom. The highest BCUT2D eigenvalue weighted by atomic mass is 16.6. The summed E-state index contributed by atoms with van der Waals surface area (Å²) in [6, 6.07) is -0.576. The number of hydrazine groups is 1. The van der Waals surface area contributed by atoms with Crippen LogP contribution in [0.15, 0.2) is 0 Å². The van der Waals surface area contributed by atoms with Gasteiger partial charge in [0.25, 0.3) is 5.91 Å². The van der Waals surface area contributed by atoms with Crippen molar-refractivity contribution in [1.29, 1.82) is 0 Å². The van der Waals surface area contributed by atoms with Crippen LogP contribution >= 0.6 is 0 Å². The smallest absolute Gasteiger partial charge is 0.410 e. The quantitative estimate of drug-likeness (QED) is 0.473. The first-order chi connectivity index (χ1) is 9.74. The average Bonchev–Trinajstić information content (AvgIpc) is 2.42. The largest absolute Gasteiger partial charge is 0.444 e. The SMILES string of the molecule is CN(C(=O)OC(C)(C)C)[C@@H](CC1CCCCC1)C(=O)NN. The summed E-state index contributed by atoms with van der Waals surface area (Å²) in [6.07, 6.45) is 6.00. The van der Waals surface area contributed by atoms with E-state index in [9.17, 15) is 9.59 Å². The molecule has 0 aromatic carbocycles. The minimum absolute atomic E-state index is 0.339. The lowest BCUT2D eigenvalue weighted by Crippen LogP contribution is -2.51. The fourth-order valence-corrected chi connectivity index (χ4v) is 2.74. The molecule has 0 aromatic rings. The number of rotatable bonds is 4. The van der Waals surface area contributed by atoms with Crippen molar-refractivity contribution in [1.82, 2.24) is 10.3 Å². The Morgan fingerprint density at radius 1 is 1.29 bits per heavy atom. The predicted molar refractivity (Wildman–Crippen MR) is 81.3 cm³/mol. The fraction of sp³-hybridized carbons (Fsp3) is 0.867. The van der Waals surface area contributed by atoms with Gasteiger partial charge in [-0.15, -0.1) is 0 Å². The van der Waals surface area contributed by atoms with Crippen LogP contribution in [0.1, 0.15) is 59.3 Å². The van der Waals surface area contributed by atoms with E-state index in [1.54, 1.807) is 27.8 Å². The number of carbonyl (C=O) groups excluding carboxylic acids is 2. The lowest BCUT2D eigenvalue weighted by Gasteiger charge is -2.32. The summed E-state index contributed by atoms with van der Waals surface area (Å²) in [7, 11) is 1.59. The van der Waals surface area contributed by atoms with E-state index < -0.39 is 17.7 Å². The molecular formula is C15H29N3O3. The molecule has 0 aromatic heterocycles. The molecule has 0 spiro atoms. The second kappa shape index (κ2) is 7.64. The zero-order valence-electron chi connectivity index (χ0n) is 13.6. The molecule has 0 radical (unpaired) electrons. The van der Waals surface area contributed by atoms with Gasteiger partial charge in [-0.05, 0) is 33.1 Å². The Morgan fingerprint density at radius 2 is 1.86 bits per heavy atom. The van der Waals surface area contributed by atoms with Gasteiger partial charge in [-0.25, -0.2) is 10.6 Å². The van der Waals surface area contributed by atoms with Crippen molar-refractivity contribution < 1.29 is 14.3 Å². The fourth-order valence-electron chi connectivity index (χ4n) is 2.74. The molecule has 0 unspecified atom stereocenters. The first kappa shape index (κ1) is 17.8. The summed E-state index contributed by atoms with van der Waals surface area (Å²) < 4.78 is 5.33. The third kappa shape index (κ3) is 5.91. The standard InChI is InChI=1S/C15H29N3O3/c1-15(2,3)21-14(20)18(4)12(13(19)17-16)10-11-8-6-5-7-9-11/h11-12H,5-10,16H2,1-4H3,(H,17,19)/t12-/m0/s1. The lowest BCUT2D eigenvalue weighted by molar-refractivity contribution is -0.126. The second-order valence-corrected chi connectivity index (χ2v) is 6.86. The van der Waals surface area contributed by atoms with Crippen LogP contribution in [0.4, 0.5) is 4.79 Å². The number of nitrogens with zero attached hydrogens (tertiary/aromatic N) is 1. The van der Waals surface area contributed by atoms with Crippen LogP contribution in [-0.2, 0) is 9.53 Å². The van der Waals surface area contributed by atoms with Crippen molar-refractivity contribution in [3.8, 4) is 0 Å². The Bertz CT molecular complexity index is 360. The topological polar surface area (TPSA) is 84.7 Å². The third-order valence-electron chi connectivity index (χ3n) is 3.88. The minimum Gasteiger partial charge on any atom is -0.444 e. The van der Waals surface area contributed by atoms with E-state index >= 15 is 0 Å². The molecule has 1 fully saturated rings. The van der Waals surface area contributed by atoms with Crippen molar-refractivity contribution in [2.24, 2.45) is 11.8 Å². The summed E-state index contributed by atoms with van der Waals surface area (Å²) in [5.41, 5.74) is 1.58. The number of nitrogens with one attached hydrogen (secondary N) is 1. The van der Waals surface area contributed by atoms with Gasteiger partial charge in [-0.3, -0.25) is 15.1 Å². The van der Waals surface area contributed by atoms with Crippen molar-refractivity contribution in [2.45, 2.75) is 70.9 Å². The summed E-state index contributed by atoms with van der Waals surface area (Å²) in [5.74, 6) is 5.39. The number of amides is 2. The monoisotopic (exact) mass is 299 g/mol. The molecule has 1 atom stereocenters. The first-order valence-electron chi connectivity index (χ1n) is 7.71. The molecule has 21 heavy (non-hydrogen) atoms. The molecule has 3 N–H and O–H groups in total. The zero-order valence-corrected chi connectivity index (χ0v) is 13.6. The highest BCUT2D eigenvalue weighted by Crippen LogP contribution is 2.28. The number of carbonyl (C=O) groups is 2. The van der Waals surface area contributed by atoms with Crippen molar-refractivity contribution in [2.75, 3.05) is 7.05 Å². The zero-order chi connectivity index (χ0) is 16.0. The van der Waals surface area contributed by atoms with Crippen molar-refractivity contribution >= 4 is 12.0 Å². The predicted octanol–water partition coefficient (Wildman–Crippen LogP) is 2.18. The first-order valence-corrected chi connectivity index (χ1v) is 7.71. The van der Waals surface area contributed by atoms with E-state index in [1.807, 2.05) is 0 Å². The Balaban J connectivity index is 2.71. The average molecular weight is 299 g/mol. The van der Waals surface area contributed by atoms with E-state index in [-0.39, 0.29) is 5.91 Å². The van der Waals surface area contributed by atoms with E-state index in [4.69, 9.17) is 10.6 Å². The maximum atomic E-state index is 12.1. The Labute approximate surface area is 127 Å². The molecule has 6 heteroatoms. The molecule has 1 aliphatic rings. The van der Waals surface area contributed by atoms with Gasteiger partial charge in [-0.1, -0.05) is 32.1 Å². The van der Waals surface area contributed by atoms with Crippen LogP contribution in [0.5, 0.6) is 0 Å². The van der Waals surface area contributed by atoms with Crippen LogP contribution in [0.25, 0.3) is 0 Å². The number of hydrogen-bond acceptors (Lipinski definition) is 4. The van der Waals surface area contributed by atoms with Gasteiger partial charge in [0.1, 0.15) is 11.6 Å². The van der Waals surface area contributed by atoms with Gasteiger partial charge in [0.15, 0.2) is 0 Å². The van der Waals surface area contributed by atoms with Gasteiger partial charge in [-0.2, -0.15) is 0 Å². The summed E-state index contributed by atoms with van der Waals surface area (Å²) in [6.45, 7) is 5.41. The highest BCUT2D eigenvalue weighted by molar-refractivity contribution is 5.85. The molecule has 0 aliphatic heterocycles. The summed E-state index contributed by atoms with van der Waals surface area (Å²) >= 11 is 0. The molecule has 1 aliphatic carbocycles. The minimum atomic E-state index is -0.583. The third-order valence-corrected chi connectivity index (χ3v) is 3.88. The van der Waals surface area contributed by atoms with Crippen LogP contribution in [0.3, 0.4) is 0 Å². The van der Waals surface area contributed by atoms with Gasteiger partial charge in [0, 0.05) is 7.05 Å². The lowest BCUT2D eigenvalue weighted by atomic mass is 9.84. The number of nitrogens with two attached hydrogens (primary N) is 1. The molecular weight excluding hydrogens is 270 g/mol. The van der Waals surface area contributed by atoms with Gasteiger partial charge in [0.05, 0.1) is 0 Å². The highest BCUT2D eigenvalue weighted by Gasteiger charge is 2.32. The van der Waals surface area contributed by atoms with Crippen molar-refractivity contribution in [3.63, 3.8) is 0 Å². The maximum absolute atomic E-state index is 12.1. The van der Waals surface area contributed by atoms with Crippen molar-refractivity contribution in [3.05, 3.63) is 0 Å². The summed E-state index contributed by atoms with van der Waals surface area (Å²) in [4.78, 5) is 25.5. The Kier molecular flexibility index (Phi) is 6.45. The molecule has 2 amide bonds.